The van der Waals surface area contributed by atoms with Crippen molar-refractivity contribution in [3.05, 3.63) is 0 Å². The van der Waals surface area contributed by atoms with Crippen LogP contribution in [0, 0.1) is 0 Å². The van der Waals surface area contributed by atoms with E-state index in [1.165, 1.54) is 0 Å². The quantitative estimate of drug-likeness (QED) is 0.299. The molecular weight excluding hydrogens is 188 g/mol. The molecule has 0 aromatic rings. The summed E-state index contributed by atoms with van der Waals surface area (Å²) >= 11 is 5.35. The highest BCUT2D eigenvalue weighted by Gasteiger charge is 2.29. The van der Waals surface area contributed by atoms with Gasteiger partial charge in [0.1, 0.15) is 24.6 Å². The van der Waals surface area contributed by atoms with Crippen LogP contribution in [0.4, 0.5) is 0 Å². The van der Waals surface area contributed by atoms with Crippen LogP contribution in [-0.4, -0.2) is 57.0 Å². The zero-order valence-electron chi connectivity index (χ0n) is 6.17. The fraction of sp³-hybridized carbons (Fsp3) is 0.833. The number of aliphatic hydroxyl groups is 4. The SMILES string of the molecule is O=C[C@@H](O)[C@H](Cl)[C@@H](O)[C@H](O)CO. The minimum Gasteiger partial charge on any atom is -0.394 e. The largest absolute Gasteiger partial charge is 0.394 e. The molecule has 4 atom stereocenters. The number of hydrogen-bond donors (Lipinski definition) is 4. The third kappa shape index (κ3) is 3.04. The van der Waals surface area contributed by atoms with Crippen molar-refractivity contribution in [1.29, 1.82) is 0 Å². The summed E-state index contributed by atoms with van der Waals surface area (Å²) < 4.78 is 0. The second-order valence-electron chi connectivity index (χ2n) is 2.31. The minimum absolute atomic E-state index is 0.144. The fourth-order valence-corrected chi connectivity index (χ4v) is 0.825. The van der Waals surface area contributed by atoms with E-state index >= 15 is 0 Å². The summed E-state index contributed by atoms with van der Waals surface area (Å²) in [5, 5.41) is 33.7. The topological polar surface area (TPSA) is 98.0 Å². The molecule has 0 saturated heterocycles. The highest BCUT2D eigenvalue weighted by molar-refractivity contribution is 6.22. The summed E-state index contributed by atoms with van der Waals surface area (Å²) in [6.07, 6.45) is -4.40. The lowest BCUT2D eigenvalue weighted by molar-refractivity contribution is -0.117. The predicted molar refractivity (Wildman–Crippen MR) is 40.8 cm³/mol. The lowest BCUT2D eigenvalue weighted by atomic mass is 10.1. The van der Waals surface area contributed by atoms with E-state index < -0.39 is 30.3 Å². The molecule has 0 aromatic heterocycles. The Hall–Kier alpha value is -0.200. The molecule has 5 nitrogen and oxygen atoms in total. The Morgan fingerprint density at radius 1 is 1.33 bits per heavy atom. The van der Waals surface area contributed by atoms with Crippen LogP contribution < -0.4 is 0 Å². The van der Waals surface area contributed by atoms with Gasteiger partial charge in [0.25, 0.3) is 0 Å². The van der Waals surface area contributed by atoms with Gasteiger partial charge in [0.2, 0.25) is 0 Å². The van der Waals surface area contributed by atoms with Gasteiger partial charge in [-0.3, -0.25) is 0 Å². The monoisotopic (exact) mass is 198 g/mol. The van der Waals surface area contributed by atoms with Crippen molar-refractivity contribution in [3.8, 4) is 0 Å². The molecular formula is C6H11ClO5. The average Bonchev–Trinajstić information content (AvgIpc) is 2.12. The van der Waals surface area contributed by atoms with Gasteiger partial charge >= 0.3 is 0 Å². The number of carbonyl (C=O) groups excluding carboxylic acids is 1. The smallest absolute Gasteiger partial charge is 0.150 e. The first-order valence-electron chi connectivity index (χ1n) is 3.29. The van der Waals surface area contributed by atoms with Crippen LogP contribution in [0.15, 0.2) is 0 Å². The standard InChI is InChI=1S/C6H11ClO5/c7-5(3(10)1-8)6(12)4(11)2-9/h1,3-6,9-12H,2H2/t3-,4-,5+,6+/m1/s1. The van der Waals surface area contributed by atoms with Gasteiger partial charge in [-0.15, -0.1) is 11.6 Å². The van der Waals surface area contributed by atoms with Gasteiger partial charge in [-0.25, -0.2) is 0 Å². The molecule has 0 spiro atoms. The number of hydrogen-bond acceptors (Lipinski definition) is 5. The van der Waals surface area contributed by atoms with E-state index in [-0.39, 0.29) is 6.29 Å². The molecule has 0 rings (SSSR count). The molecule has 0 amide bonds. The summed E-state index contributed by atoms with van der Waals surface area (Å²) in [6, 6.07) is 0. The zero-order valence-corrected chi connectivity index (χ0v) is 6.92. The van der Waals surface area contributed by atoms with Crippen molar-refractivity contribution >= 4 is 17.9 Å². The van der Waals surface area contributed by atoms with Gasteiger partial charge in [-0.1, -0.05) is 0 Å². The molecule has 72 valence electrons. The fourth-order valence-electron chi connectivity index (χ4n) is 0.597. The van der Waals surface area contributed by atoms with Gasteiger partial charge in [0, 0.05) is 0 Å². The molecule has 0 bridgehead atoms. The van der Waals surface area contributed by atoms with Crippen molar-refractivity contribution < 1.29 is 25.2 Å². The average molecular weight is 199 g/mol. The molecule has 0 radical (unpaired) electrons. The van der Waals surface area contributed by atoms with Gasteiger partial charge in [0.15, 0.2) is 0 Å². The molecule has 6 heteroatoms. The van der Waals surface area contributed by atoms with Crippen LogP contribution in [0.5, 0.6) is 0 Å². The summed E-state index contributed by atoms with van der Waals surface area (Å²) in [7, 11) is 0. The Bertz CT molecular complexity index is 142. The maximum Gasteiger partial charge on any atom is 0.150 e. The highest BCUT2D eigenvalue weighted by atomic mass is 35.5. The van der Waals surface area contributed by atoms with Crippen molar-refractivity contribution in [2.24, 2.45) is 0 Å². The van der Waals surface area contributed by atoms with Crippen molar-refractivity contribution in [1.82, 2.24) is 0 Å². The van der Waals surface area contributed by atoms with Crippen molar-refractivity contribution in [3.63, 3.8) is 0 Å². The molecule has 0 aromatic carbocycles. The van der Waals surface area contributed by atoms with Gasteiger partial charge < -0.3 is 25.2 Å². The predicted octanol–water partition coefficient (Wildman–Crippen LogP) is -2.13. The number of halogens is 1. The maximum atomic E-state index is 9.97. The van der Waals surface area contributed by atoms with E-state index in [1.807, 2.05) is 0 Å². The third-order valence-corrected chi connectivity index (χ3v) is 1.89. The van der Waals surface area contributed by atoms with Crippen LogP contribution in [0.2, 0.25) is 0 Å². The minimum atomic E-state index is -1.55. The number of carbonyl (C=O) groups is 1. The van der Waals surface area contributed by atoms with E-state index in [0.29, 0.717) is 0 Å². The first-order chi connectivity index (χ1) is 5.54. The molecule has 0 aliphatic rings. The lowest BCUT2D eigenvalue weighted by Crippen LogP contribution is -2.43. The number of alkyl halides is 1. The number of rotatable bonds is 5. The summed E-state index contributed by atoms with van der Waals surface area (Å²) in [5.74, 6) is 0. The van der Waals surface area contributed by atoms with Crippen LogP contribution in [0.1, 0.15) is 0 Å². The Morgan fingerprint density at radius 2 is 1.83 bits per heavy atom. The first kappa shape index (κ1) is 11.8. The normalized spacial score (nSPS) is 21.1. The van der Waals surface area contributed by atoms with Gasteiger partial charge in [0.05, 0.1) is 12.0 Å². The molecule has 4 N–H and O–H groups in total. The first-order valence-corrected chi connectivity index (χ1v) is 3.72. The highest BCUT2D eigenvalue weighted by Crippen LogP contribution is 2.10. The molecule has 12 heavy (non-hydrogen) atoms. The maximum absolute atomic E-state index is 9.97. The van der Waals surface area contributed by atoms with Gasteiger partial charge in [-0.05, 0) is 0 Å². The van der Waals surface area contributed by atoms with Gasteiger partial charge in [-0.2, -0.15) is 0 Å². The van der Waals surface area contributed by atoms with E-state index in [9.17, 15) is 4.79 Å². The zero-order chi connectivity index (χ0) is 9.72. The number of aldehydes is 1. The third-order valence-electron chi connectivity index (χ3n) is 1.37. The van der Waals surface area contributed by atoms with E-state index in [0.717, 1.165) is 0 Å². The Balaban J connectivity index is 4.07. The van der Waals surface area contributed by atoms with Crippen LogP contribution in [0.3, 0.4) is 0 Å². The van der Waals surface area contributed by atoms with E-state index in [2.05, 4.69) is 0 Å². The molecule has 0 aliphatic carbocycles. The molecule has 0 saturated carbocycles. The van der Waals surface area contributed by atoms with Crippen LogP contribution >= 0.6 is 11.6 Å². The Kier molecular flexibility index (Phi) is 5.36. The van der Waals surface area contributed by atoms with Crippen LogP contribution in [0.25, 0.3) is 0 Å². The molecule has 0 unspecified atom stereocenters. The molecule has 0 aliphatic heterocycles. The summed E-state index contributed by atoms with van der Waals surface area (Å²) in [6.45, 7) is -0.685. The second kappa shape index (κ2) is 5.45. The summed E-state index contributed by atoms with van der Waals surface area (Å²) in [5.41, 5.74) is 0. The number of aliphatic hydroxyl groups excluding tert-OH is 4. The molecule has 0 fully saturated rings. The van der Waals surface area contributed by atoms with E-state index in [4.69, 9.17) is 32.0 Å². The van der Waals surface area contributed by atoms with Crippen molar-refractivity contribution in [2.75, 3.05) is 6.61 Å². The summed E-state index contributed by atoms with van der Waals surface area (Å²) in [4.78, 5) is 9.97. The van der Waals surface area contributed by atoms with Crippen LogP contribution in [-0.2, 0) is 4.79 Å². The van der Waals surface area contributed by atoms with E-state index in [1.54, 1.807) is 0 Å². The molecule has 0 heterocycles. The van der Waals surface area contributed by atoms with Crippen molar-refractivity contribution in [2.45, 2.75) is 23.7 Å². The lowest BCUT2D eigenvalue weighted by Gasteiger charge is -2.21. The second-order valence-corrected chi connectivity index (χ2v) is 2.82. The Morgan fingerprint density at radius 3 is 2.17 bits per heavy atom. The Labute approximate surface area is 74.2 Å².